The number of benzene rings is 2. The van der Waals surface area contributed by atoms with E-state index in [9.17, 15) is 19.7 Å². The van der Waals surface area contributed by atoms with Crippen molar-refractivity contribution in [1.82, 2.24) is 0 Å². The van der Waals surface area contributed by atoms with Gasteiger partial charge in [-0.3, -0.25) is 19.8 Å². The van der Waals surface area contributed by atoms with Crippen molar-refractivity contribution in [3.8, 4) is 0 Å². The second-order valence-electron chi connectivity index (χ2n) is 6.07. The first-order chi connectivity index (χ1) is 12.6. The molecule has 2 aromatic carbocycles. The van der Waals surface area contributed by atoms with Crippen molar-refractivity contribution in [2.75, 3.05) is 18.0 Å². The Balaban J connectivity index is 1.78. The number of para-hydroxylation sites is 1. The minimum Gasteiger partial charge on any atom is -0.444 e. The van der Waals surface area contributed by atoms with E-state index in [4.69, 9.17) is 4.74 Å². The number of nitro groups is 1. The molecule has 0 bridgehead atoms. The highest BCUT2D eigenvalue weighted by Crippen LogP contribution is 2.31. The summed E-state index contributed by atoms with van der Waals surface area (Å²) in [4.78, 5) is 36.8. The van der Waals surface area contributed by atoms with Crippen molar-refractivity contribution in [3.05, 3.63) is 75.8 Å². The quantitative estimate of drug-likeness (QED) is 0.607. The Morgan fingerprint density at radius 1 is 1.15 bits per heavy atom. The number of ether oxygens (including phenoxy) is 1. The van der Waals surface area contributed by atoms with Gasteiger partial charge >= 0.3 is 6.09 Å². The Morgan fingerprint density at radius 3 is 2.58 bits per heavy atom. The van der Waals surface area contributed by atoms with Gasteiger partial charge in [-0.15, -0.1) is 0 Å². The molecule has 0 saturated carbocycles. The lowest BCUT2D eigenvalue weighted by molar-refractivity contribution is -0.481. The van der Waals surface area contributed by atoms with E-state index in [1.54, 1.807) is 24.3 Å². The average Bonchev–Trinajstić information content (AvgIpc) is 2.66. The second kappa shape index (κ2) is 7.77. The summed E-state index contributed by atoms with van der Waals surface area (Å²) in [5.74, 6) is -0.783. The van der Waals surface area contributed by atoms with Crippen molar-refractivity contribution >= 4 is 17.6 Å². The maximum Gasteiger partial charge on any atom is 0.414 e. The van der Waals surface area contributed by atoms with Crippen molar-refractivity contribution in [2.45, 2.75) is 13.0 Å². The summed E-state index contributed by atoms with van der Waals surface area (Å²) in [6.07, 6.45) is -0.484. The van der Waals surface area contributed by atoms with Gasteiger partial charge in [0.15, 0.2) is 5.78 Å². The number of anilines is 1. The largest absolute Gasteiger partial charge is 0.444 e. The molecule has 1 aliphatic heterocycles. The van der Waals surface area contributed by atoms with Crippen LogP contribution in [-0.2, 0) is 11.3 Å². The van der Waals surface area contributed by atoms with E-state index in [-0.39, 0.29) is 31.9 Å². The lowest BCUT2D eigenvalue weighted by atomic mass is 9.89. The van der Waals surface area contributed by atoms with Gasteiger partial charge in [0, 0.05) is 29.4 Å². The standard InChI is InChI=1S/C19H18N2O5/c22-18-15(10-11-21(24)25)12-20(17-9-5-4-8-16(17)18)19(23)26-13-14-6-2-1-3-7-14/h1-9,15H,10-13H2. The SMILES string of the molecule is O=C1c2ccccc2N(C(=O)OCc2ccccc2)CC1CC[N+](=O)[O-]. The van der Waals surface area contributed by atoms with Crippen molar-refractivity contribution in [3.63, 3.8) is 0 Å². The first-order valence-electron chi connectivity index (χ1n) is 8.29. The zero-order chi connectivity index (χ0) is 18.5. The second-order valence-corrected chi connectivity index (χ2v) is 6.07. The van der Waals surface area contributed by atoms with Crippen LogP contribution in [0.1, 0.15) is 22.3 Å². The maximum absolute atomic E-state index is 12.6. The molecule has 0 aromatic heterocycles. The monoisotopic (exact) mass is 354 g/mol. The topological polar surface area (TPSA) is 89.8 Å². The van der Waals surface area contributed by atoms with Crippen LogP contribution < -0.4 is 4.90 Å². The van der Waals surface area contributed by atoms with Crippen molar-refractivity contribution in [1.29, 1.82) is 0 Å². The number of amides is 1. The predicted molar refractivity (Wildman–Crippen MR) is 94.7 cm³/mol. The molecule has 2 aromatic rings. The Morgan fingerprint density at radius 2 is 1.85 bits per heavy atom. The lowest BCUT2D eigenvalue weighted by Gasteiger charge is -2.32. The average molecular weight is 354 g/mol. The van der Waals surface area contributed by atoms with E-state index >= 15 is 0 Å². The highest BCUT2D eigenvalue weighted by Gasteiger charge is 2.35. The number of hydrogen-bond donors (Lipinski definition) is 0. The summed E-state index contributed by atoms with van der Waals surface area (Å²) in [6, 6.07) is 16.0. The fourth-order valence-electron chi connectivity index (χ4n) is 2.99. The number of nitrogens with zero attached hydrogens (tertiary/aromatic N) is 2. The first-order valence-corrected chi connectivity index (χ1v) is 8.29. The predicted octanol–water partition coefficient (Wildman–Crippen LogP) is 3.31. The lowest BCUT2D eigenvalue weighted by Crippen LogP contribution is -2.43. The van der Waals surface area contributed by atoms with Gasteiger partial charge < -0.3 is 4.74 Å². The zero-order valence-corrected chi connectivity index (χ0v) is 14.0. The Labute approximate surface area is 150 Å². The summed E-state index contributed by atoms with van der Waals surface area (Å²) < 4.78 is 5.38. The molecule has 0 N–H and O–H groups in total. The normalized spacial score (nSPS) is 16.1. The van der Waals surface area contributed by atoms with E-state index in [0.717, 1.165) is 5.56 Å². The van der Waals surface area contributed by atoms with Crippen LogP contribution in [0, 0.1) is 16.0 Å². The van der Waals surface area contributed by atoms with Crippen LogP contribution in [0.15, 0.2) is 54.6 Å². The molecule has 3 rings (SSSR count). The molecule has 0 spiro atoms. The summed E-state index contributed by atoms with van der Waals surface area (Å²) >= 11 is 0. The molecular formula is C19H18N2O5. The molecule has 0 fully saturated rings. The van der Waals surface area contributed by atoms with Gasteiger partial charge in [0.25, 0.3) is 0 Å². The molecular weight excluding hydrogens is 336 g/mol. The van der Waals surface area contributed by atoms with E-state index in [0.29, 0.717) is 11.3 Å². The molecule has 1 amide bonds. The van der Waals surface area contributed by atoms with Crippen LogP contribution in [0.4, 0.5) is 10.5 Å². The number of carbonyl (C=O) groups excluding carboxylic acids is 2. The molecule has 1 heterocycles. The van der Waals surface area contributed by atoms with Crippen LogP contribution in [0.5, 0.6) is 0 Å². The molecule has 7 heteroatoms. The van der Waals surface area contributed by atoms with Gasteiger partial charge in [0.05, 0.1) is 5.69 Å². The fraction of sp³-hybridized carbons (Fsp3) is 0.263. The Bertz CT molecular complexity index is 822. The van der Waals surface area contributed by atoms with Gasteiger partial charge in [0.2, 0.25) is 6.54 Å². The van der Waals surface area contributed by atoms with Gasteiger partial charge in [-0.25, -0.2) is 4.79 Å². The van der Waals surface area contributed by atoms with Gasteiger partial charge in [-0.1, -0.05) is 42.5 Å². The van der Waals surface area contributed by atoms with E-state index < -0.39 is 16.9 Å². The number of rotatable bonds is 5. The van der Waals surface area contributed by atoms with Gasteiger partial charge in [0.1, 0.15) is 6.61 Å². The minimum absolute atomic E-state index is 0.0807. The summed E-state index contributed by atoms with van der Waals surface area (Å²) in [5, 5.41) is 10.7. The fourth-order valence-corrected chi connectivity index (χ4v) is 2.99. The molecule has 7 nitrogen and oxygen atoms in total. The van der Waals surface area contributed by atoms with Crippen molar-refractivity contribution < 1.29 is 19.2 Å². The summed E-state index contributed by atoms with van der Waals surface area (Å²) in [5.41, 5.74) is 1.73. The molecule has 0 saturated heterocycles. The number of ketones is 1. The zero-order valence-electron chi connectivity index (χ0n) is 14.0. The number of carbonyl (C=O) groups is 2. The molecule has 0 radical (unpaired) electrons. The molecule has 134 valence electrons. The number of hydrogen-bond acceptors (Lipinski definition) is 5. The van der Waals surface area contributed by atoms with E-state index in [1.807, 2.05) is 30.3 Å². The molecule has 0 aliphatic carbocycles. The van der Waals surface area contributed by atoms with Gasteiger partial charge in [-0.2, -0.15) is 0 Å². The summed E-state index contributed by atoms with van der Waals surface area (Å²) in [7, 11) is 0. The smallest absolute Gasteiger partial charge is 0.414 e. The van der Waals surface area contributed by atoms with Crippen LogP contribution >= 0.6 is 0 Å². The Hall–Kier alpha value is -3.22. The highest BCUT2D eigenvalue weighted by atomic mass is 16.6. The van der Waals surface area contributed by atoms with Crippen LogP contribution in [0.3, 0.4) is 0 Å². The molecule has 26 heavy (non-hydrogen) atoms. The van der Waals surface area contributed by atoms with Gasteiger partial charge in [-0.05, 0) is 17.7 Å². The molecule has 1 atom stereocenters. The van der Waals surface area contributed by atoms with Crippen molar-refractivity contribution in [2.24, 2.45) is 5.92 Å². The molecule has 1 unspecified atom stereocenters. The highest BCUT2D eigenvalue weighted by molar-refractivity contribution is 6.08. The minimum atomic E-state index is -0.612. The van der Waals surface area contributed by atoms with Crippen LogP contribution in [0.25, 0.3) is 0 Å². The van der Waals surface area contributed by atoms with Crippen LogP contribution in [-0.4, -0.2) is 29.9 Å². The third kappa shape index (κ3) is 3.88. The number of Topliss-reactive ketones (excluding diaryl/α,β-unsaturated/α-hetero) is 1. The third-order valence-electron chi connectivity index (χ3n) is 4.32. The maximum atomic E-state index is 12.6. The first kappa shape index (κ1) is 17.6. The Kier molecular flexibility index (Phi) is 5.26. The summed E-state index contributed by atoms with van der Waals surface area (Å²) in [6.45, 7) is -0.116. The van der Waals surface area contributed by atoms with E-state index in [1.165, 1.54) is 4.90 Å². The van der Waals surface area contributed by atoms with E-state index in [2.05, 4.69) is 0 Å². The molecule has 1 aliphatic rings. The number of fused-ring (bicyclic) bond motifs is 1. The van der Waals surface area contributed by atoms with Crippen LogP contribution in [0.2, 0.25) is 0 Å². The third-order valence-corrected chi connectivity index (χ3v) is 4.32.